The molecule has 0 fully saturated rings. The number of carboxylic acid groups (broad SMARTS) is 1. The number of hydrogen-bond donors (Lipinski definition) is 1. The van der Waals surface area contributed by atoms with Crippen LogP contribution in [0.4, 0.5) is 0 Å². The Bertz CT molecular complexity index is 523. The molecule has 0 radical (unpaired) electrons. The van der Waals surface area contributed by atoms with Crippen molar-refractivity contribution >= 4 is 50.7 Å². The molecular formula is C8H3Cl2NO2S. The van der Waals surface area contributed by atoms with E-state index in [1.54, 1.807) is 6.07 Å². The maximum atomic E-state index is 10.6. The van der Waals surface area contributed by atoms with Crippen molar-refractivity contribution in [3.05, 3.63) is 27.2 Å². The van der Waals surface area contributed by atoms with Crippen LogP contribution < -0.4 is 0 Å². The molecule has 1 N–H and O–H groups in total. The minimum atomic E-state index is -1.06. The summed E-state index contributed by atoms with van der Waals surface area (Å²) in [6.45, 7) is 0. The second kappa shape index (κ2) is 3.38. The highest BCUT2D eigenvalue weighted by Gasteiger charge is 2.12. The summed E-state index contributed by atoms with van der Waals surface area (Å²) in [5.41, 5.74) is 0.485. The molecule has 0 atom stereocenters. The van der Waals surface area contributed by atoms with E-state index in [0.29, 0.717) is 20.3 Å². The highest BCUT2D eigenvalue weighted by atomic mass is 35.5. The molecule has 6 heteroatoms. The number of carbonyl (C=O) groups is 1. The van der Waals surface area contributed by atoms with Crippen LogP contribution in [-0.4, -0.2) is 16.1 Å². The molecule has 0 amide bonds. The minimum Gasteiger partial charge on any atom is -0.476 e. The zero-order valence-electron chi connectivity index (χ0n) is 6.62. The van der Waals surface area contributed by atoms with Gasteiger partial charge in [0.25, 0.3) is 0 Å². The summed E-state index contributed by atoms with van der Waals surface area (Å²) in [7, 11) is 0. The first-order chi connectivity index (χ1) is 6.58. The molecule has 0 aliphatic heterocycles. The van der Waals surface area contributed by atoms with Gasteiger partial charge < -0.3 is 5.11 Å². The third-order valence-corrected chi connectivity index (χ3v) is 3.09. The van der Waals surface area contributed by atoms with Gasteiger partial charge in [-0.25, -0.2) is 9.78 Å². The van der Waals surface area contributed by atoms with Crippen LogP contribution in [0.5, 0.6) is 0 Å². The van der Waals surface area contributed by atoms with Gasteiger partial charge in [0.15, 0.2) is 0 Å². The number of hydrogen-bond acceptors (Lipinski definition) is 3. The number of aromatic nitrogens is 1. The van der Waals surface area contributed by atoms with E-state index in [4.69, 9.17) is 28.3 Å². The lowest BCUT2D eigenvalue weighted by atomic mass is 10.3. The van der Waals surface area contributed by atoms with Gasteiger partial charge in [-0.3, -0.25) is 0 Å². The Kier molecular flexibility index (Phi) is 2.34. The zero-order valence-corrected chi connectivity index (χ0v) is 8.95. The molecule has 2 aromatic rings. The van der Waals surface area contributed by atoms with Crippen molar-refractivity contribution in [1.82, 2.24) is 4.98 Å². The van der Waals surface area contributed by atoms with E-state index in [9.17, 15) is 4.79 Å². The van der Waals surface area contributed by atoms with E-state index in [0.717, 1.165) is 11.3 Å². The predicted molar refractivity (Wildman–Crippen MR) is 56.6 cm³/mol. The van der Waals surface area contributed by atoms with Gasteiger partial charge >= 0.3 is 5.97 Å². The molecule has 0 unspecified atom stereocenters. The van der Waals surface area contributed by atoms with Gasteiger partial charge in [0, 0.05) is 5.02 Å². The average Bonchev–Trinajstić information content (AvgIpc) is 2.47. The fourth-order valence-electron chi connectivity index (χ4n) is 1.05. The first-order valence-electron chi connectivity index (χ1n) is 3.57. The Morgan fingerprint density at radius 1 is 1.43 bits per heavy atom. The molecule has 0 aliphatic rings. The lowest BCUT2D eigenvalue weighted by Crippen LogP contribution is -1.93. The molecular weight excluding hydrogens is 245 g/mol. The fraction of sp³-hybridized carbons (Fsp3) is 0. The summed E-state index contributed by atoms with van der Waals surface area (Å²) in [5, 5.41) is 9.58. The predicted octanol–water partition coefficient (Wildman–Crippen LogP) is 3.30. The standard InChI is InChI=1S/C8H3Cl2NO2S/c9-3-1-4(10)6-5(2-3)14-7(11-6)8(12)13/h1-2H,(H,12,13). The Hall–Kier alpha value is -0.840. The largest absolute Gasteiger partial charge is 0.476 e. The normalized spacial score (nSPS) is 10.7. The monoisotopic (exact) mass is 247 g/mol. The second-order valence-corrected chi connectivity index (χ2v) is 4.43. The minimum absolute atomic E-state index is 0.0177. The Morgan fingerprint density at radius 3 is 2.79 bits per heavy atom. The van der Waals surface area contributed by atoms with E-state index in [2.05, 4.69) is 4.98 Å². The molecule has 3 nitrogen and oxygen atoms in total. The van der Waals surface area contributed by atoms with Crippen LogP contribution in [0.3, 0.4) is 0 Å². The Balaban J connectivity index is 2.76. The van der Waals surface area contributed by atoms with Crippen LogP contribution in [0.25, 0.3) is 10.2 Å². The topological polar surface area (TPSA) is 50.2 Å². The number of carboxylic acids is 1. The molecule has 0 aliphatic carbocycles. The number of fused-ring (bicyclic) bond motifs is 1. The van der Waals surface area contributed by atoms with E-state index in [-0.39, 0.29) is 5.01 Å². The molecule has 1 heterocycles. The molecule has 0 spiro atoms. The van der Waals surface area contributed by atoms with Crippen molar-refractivity contribution in [1.29, 1.82) is 0 Å². The summed E-state index contributed by atoms with van der Waals surface area (Å²) in [4.78, 5) is 14.5. The highest BCUT2D eigenvalue weighted by molar-refractivity contribution is 7.20. The first kappa shape index (κ1) is 9.71. The quantitative estimate of drug-likeness (QED) is 0.842. The Labute approximate surface area is 92.9 Å². The van der Waals surface area contributed by atoms with Crippen molar-refractivity contribution in [2.45, 2.75) is 0 Å². The van der Waals surface area contributed by atoms with Crippen LogP contribution in [0, 0.1) is 0 Å². The maximum absolute atomic E-state index is 10.6. The summed E-state index contributed by atoms with van der Waals surface area (Å²) >= 11 is 12.7. The van der Waals surface area contributed by atoms with Gasteiger partial charge in [0.2, 0.25) is 5.01 Å². The van der Waals surface area contributed by atoms with Crippen LogP contribution in [-0.2, 0) is 0 Å². The molecule has 0 saturated heterocycles. The fourth-order valence-corrected chi connectivity index (χ4v) is 2.58. The SMILES string of the molecule is O=C(O)c1nc2c(Cl)cc(Cl)cc2s1. The van der Waals surface area contributed by atoms with E-state index in [1.165, 1.54) is 6.07 Å². The molecule has 2 rings (SSSR count). The number of nitrogens with zero attached hydrogens (tertiary/aromatic N) is 1. The maximum Gasteiger partial charge on any atom is 0.365 e. The summed E-state index contributed by atoms with van der Waals surface area (Å²) in [6, 6.07) is 3.18. The molecule has 14 heavy (non-hydrogen) atoms. The van der Waals surface area contributed by atoms with Crippen molar-refractivity contribution in [2.24, 2.45) is 0 Å². The van der Waals surface area contributed by atoms with Crippen LogP contribution in [0.15, 0.2) is 12.1 Å². The number of rotatable bonds is 1. The summed E-state index contributed by atoms with van der Waals surface area (Å²) < 4.78 is 0.680. The van der Waals surface area contributed by atoms with Gasteiger partial charge in [0.05, 0.1) is 9.72 Å². The van der Waals surface area contributed by atoms with Gasteiger partial charge in [0.1, 0.15) is 5.52 Å². The molecule has 0 bridgehead atoms. The van der Waals surface area contributed by atoms with Crippen LogP contribution >= 0.6 is 34.5 Å². The van der Waals surface area contributed by atoms with Gasteiger partial charge in [-0.05, 0) is 12.1 Å². The summed E-state index contributed by atoms with van der Waals surface area (Å²) in [6.07, 6.45) is 0. The van der Waals surface area contributed by atoms with E-state index in [1.807, 2.05) is 0 Å². The summed E-state index contributed by atoms with van der Waals surface area (Å²) in [5.74, 6) is -1.06. The van der Waals surface area contributed by atoms with Crippen molar-refractivity contribution in [2.75, 3.05) is 0 Å². The molecule has 1 aromatic heterocycles. The van der Waals surface area contributed by atoms with Crippen molar-refractivity contribution < 1.29 is 9.90 Å². The highest BCUT2D eigenvalue weighted by Crippen LogP contribution is 2.31. The zero-order chi connectivity index (χ0) is 10.3. The molecule has 1 aromatic carbocycles. The smallest absolute Gasteiger partial charge is 0.365 e. The Morgan fingerprint density at radius 2 is 2.14 bits per heavy atom. The van der Waals surface area contributed by atoms with E-state index >= 15 is 0 Å². The number of benzene rings is 1. The number of aromatic carboxylic acids is 1. The number of thiazole rings is 1. The number of halogens is 2. The first-order valence-corrected chi connectivity index (χ1v) is 5.14. The lowest BCUT2D eigenvalue weighted by Gasteiger charge is -1.92. The third-order valence-electron chi connectivity index (χ3n) is 1.60. The van der Waals surface area contributed by atoms with Crippen molar-refractivity contribution in [3.8, 4) is 0 Å². The van der Waals surface area contributed by atoms with Gasteiger partial charge in [-0.2, -0.15) is 0 Å². The lowest BCUT2D eigenvalue weighted by molar-refractivity contribution is 0.0696. The molecule has 0 saturated carbocycles. The third kappa shape index (κ3) is 1.56. The average molecular weight is 248 g/mol. The van der Waals surface area contributed by atoms with Crippen molar-refractivity contribution in [3.63, 3.8) is 0 Å². The van der Waals surface area contributed by atoms with E-state index < -0.39 is 5.97 Å². The second-order valence-electron chi connectivity index (χ2n) is 2.56. The van der Waals surface area contributed by atoms with Crippen LogP contribution in [0.1, 0.15) is 9.80 Å². The molecule has 72 valence electrons. The van der Waals surface area contributed by atoms with Crippen LogP contribution in [0.2, 0.25) is 10.0 Å². The van der Waals surface area contributed by atoms with Gasteiger partial charge in [-0.15, -0.1) is 11.3 Å². The van der Waals surface area contributed by atoms with Gasteiger partial charge in [-0.1, -0.05) is 23.2 Å².